The van der Waals surface area contributed by atoms with Gasteiger partial charge in [0.1, 0.15) is 0 Å². The molecule has 3 atom stereocenters. The molecule has 0 amide bonds. The van der Waals surface area contributed by atoms with Crippen molar-refractivity contribution >= 4 is 0 Å². The van der Waals surface area contributed by atoms with Crippen molar-refractivity contribution in [3.8, 4) is 11.5 Å². The van der Waals surface area contributed by atoms with E-state index in [4.69, 9.17) is 18.9 Å². The topological polar surface area (TPSA) is 60.4 Å². The van der Waals surface area contributed by atoms with Crippen LogP contribution in [-0.2, 0) is 15.9 Å². The minimum atomic E-state index is -0.466. The molecule has 1 aromatic rings. The molecule has 0 radical (unpaired) electrons. The van der Waals surface area contributed by atoms with E-state index in [-0.39, 0.29) is 17.7 Å². The molecule has 3 aliphatic heterocycles. The van der Waals surface area contributed by atoms with Crippen LogP contribution in [0, 0.1) is 5.92 Å². The van der Waals surface area contributed by atoms with E-state index in [0.29, 0.717) is 18.9 Å². The van der Waals surface area contributed by atoms with Crippen LogP contribution in [0.5, 0.6) is 11.5 Å². The number of aliphatic hydroxyl groups is 1. The first kappa shape index (κ1) is 20.0. The Hall–Kier alpha value is -1.34. The summed E-state index contributed by atoms with van der Waals surface area (Å²) < 4.78 is 23.0. The predicted octanol–water partition coefficient (Wildman–Crippen LogP) is 2.57. The highest BCUT2D eigenvalue weighted by molar-refractivity contribution is 5.49. The monoisotopic (exact) mass is 391 g/mol. The standard InChI is InChI=1S/C22H33NO5/c1-22(2,3)28-21-10-23-6-5-15-7-20(27-13-14-11-26-12-14)19(25-4)8-16(15)17(23)9-18(21)24/h7-8,14,17-18,21,24H,5-6,9-13H2,1-4H3. The number of aliphatic hydroxyl groups excluding tert-OH is 1. The van der Waals surface area contributed by atoms with E-state index in [0.717, 1.165) is 44.2 Å². The molecule has 2 fully saturated rings. The predicted molar refractivity (Wildman–Crippen MR) is 106 cm³/mol. The highest BCUT2D eigenvalue weighted by Crippen LogP contribution is 2.42. The minimum absolute atomic E-state index is 0.146. The number of methoxy groups -OCH3 is 1. The first-order chi connectivity index (χ1) is 13.3. The van der Waals surface area contributed by atoms with Gasteiger partial charge in [-0.25, -0.2) is 0 Å². The Morgan fingerprint density at radius 2 is 2.00 bits per heavy atom. The molecule has 156 valence electrons. The van der Waals surface area contributed by atoms with Crippen LogP contribution in [-0.4, -0.2) is 67.8 Å². The summed E-state index contributed by atoms with van der Waals surface area (Å²) in [5.74, 6) is 2.06. The quantitative estimate of drug-likeness (QED) is 0.833. The number of fused-ring (bicyclic) bond motifs is 3. The largest absolute Gasteiger partial charge is 0.493 e. The third kappa shape index (κ3) is 4.15. The molecule has 3 unspecified atom stereocenters. The van der Waals surface area contributed by atoms with Gasteiger partial charge < -0.3 is 24.1 Å². The van der Waals surface area contributed by atoms with Crippen molar-refractivity contribution in [2.45, 2.75) is 57.5 Å². The van der Waals surface area contributed by atoms with Gasteiger partial charge in [-0.1, -0.05) is 0 Å². The lowest BCUT2D eigenvalue weighted by atomic mass is 9.84. The summed E-state index contributed by atoms with van der Waals surface area (Å²) in [6, 6.07) is 4.44. The summed E-state index contributed by atoms with van der Waals surface area (Å²) in [5, 5.41) is 10.7. The third-order valence-corrected chi connectivity index (χ3v) is 5.89. The van der Waals surface area contributed by atoms with Crippen molar-refractivity contribution in [2.24, 2.45) is 5.92 Å². The van der Waals surface area contributed by atoms with E-state index in [1.165, 1.54) is 11.1 Å². The van der Waals surface area contributed by atoms with Crippen molar-refractivity contribution < 1.29 is 24.1 Å². The summed E-state index contributed by atoms with van der Waals surface area (Å²) >= 11 is 0. The fourth-order valence-corrected chi connectivity index (χ4v) is 4.42. The smallest absolute Gasteiger partial charge is 0.161 e. The SMILES string of the molecule is COc1cc2c(cc1OCC1COC1)CCN1CC(OC(C)(C)C)C(O)CC21. The number of ether oxygens (including phenoxy) is 4. The molecular formula is C22H33NO5. The van der Waals surface area contributed by atoms with Crippen LogP contribution in [0.15, 0.2) is 12.1 Å². The summed E-state index contributed by atoms with van der Waals surface area (Å²) in [6.07, 6.45) is 1.03. The van der Waals surface area contributed by atoms with Crippen LogP contribution >= 0.6 is 0 Å². The first-order valence-corrected chi connectivity index (χ1v) is 10.4. The number of hydrogen-bond acceptors (Lipinski definition) is 6. The minimum Gasteiger partial charge on any atom is -0.493 e. The Labute approximate surface area is 167 Å². The zero-order valence-electron chi connectivity index (χ0n) is 17.4. The van der Waals surface area contributed by atoms with Crippen molar-refractivity contribution in [1.29, 1.82) is 0 Å². The molecule has 0 spiro atoms. The van der Waals surface area contributed by atoms with Gasteiger partial charge in [-0.3, -0.25) is 4.90 Å². The summed E-state index contributed by atoms with van der Waals surface area (Å²) in [7, 11) is 1.69. The molecule has 1 N–H and O–H groups in total. The molecular weight excluding hydrogens is 358 g/mol. The van der Waals surface area contributed by atoms with Crippen molar-refractivity contribution in [1.82, 2.24) is 4.90 Å². The Balaban J connectivity index is 1.52. The van der Waals surface area contributed by atoms with Gasteiger partial charge in [-0.2, -0.15) is 0 Å². The maximum Gasteiger partial charge on any atom is 0.161 e. The highest BCUT2D eigenvalue weighted by Gasteiger charge is 2.40. The van der Waals surface area contributed by atoms with Gasteiger partial charge in [0.15, 0.2) is 11.5 Å². The molecule has 1 aromatic carbocycles. The van der Waals surface area contributed by atoms with E-state index in [9.17, 15) is 5.11 Å². The van der Waals surface area contributed by atoms with E-state index in [1.807, 2.05) is 20.8 Å². The Morgan fingerprint density at radius 3 is 2.64 bits per heavy atom. The van der Waals surface area contributed by atoms with Crippen molar-refractivity contribution in [2.75, 3.05) is 40.0 Å². The second-order valence-corrected chi connectivity index (χ2v) is 9.25. The third-order valence-electron chi connectivity index (χ3n) is 5.89. The summed E-state index contributed by atoms with van der Waals surface area (Å²) in [4.78, 5) is 2.44. The molecule has 0 saturated carbocycles. The fourth-order valence-electron chi connectivity index (χ4n) is 4.42. The summed E-state index contributed by atoms with van der Waals surface area (Å²) in [5.41, 5.74) is 2.28. The number of hydrogen-bond donors (Lipinski definition) is 1. The average molecular weight is 392 g/mol. The number of rotatable bonds is 5. The van der Waals surface area contributed by atoms with E-state index in [1.54, 1.807) is 7.11 Å². The molecule has 2 saturated heterocycles. The second-order valence-electron chi connectivity index (χ2n) is 9.25. The maximum atomic E-state index is 10.7. The van der Waals surface area contributed by atoms with Gasteiger partial charge in [0.05, 0.1) is 44.7 Å². The number of nitrogens with zero attached hydrogens (tertiary/aromatic N) is 1. The van der Waals surface area contributed by atoms with Gasteiger partial charge in [0.25, 0.3) is 0 Å². The molecule has 0 aliphatic carbocycles. The average Bonchev–Trinajstić information content (AvgIpc) is 2.59. The van der Waals surface area contributed by atoms with Crippen LogP contribution in [0.4, 0.5) is 0 Å². The lowest BCUT2D eigenvalue weighted by molar-refractivity contribution is -0.149. The molecule has 28 heavy (non-hydrogen) atoms. The lowest BCUT2D eigenvalue weighted by Gasteiger charge is -2.46. The number of benzene rings is 1. The van der Waals surface area contributed by atoms with Crippen LogP contribution in [0.25, 0.3) is 0 Å². The van der Waals surface area contributed by atoms with Crippen LogP contribution < -0.4 is 9.47 Å². The molecule has 0 aromatic heterocycles. The second kappa shape index (κ2) is 7.82. The Kier molecular flexibility index (Phi) is 5.58. The maximum absolute atomic E-state index is 10.7. The van der Waals surface area contributed by atoms with E-state index >= 15 is 0 Å². The normalized spacial score (nSPS) is 28.2. The van der Waals surface area contributed by atoms with Gasteiger partial charge in [-0.15, -0.1) is 0 Å². The molecule has 3 aliphatic rings. The van der Waals surface area contributed by atoms with Gasteiger partial charge >= 0.3 is 0 Å². The molecule has 0 bridgehead atoms. The molecule has 6 nitrogen and oxygen atoms in total. The van der Waals surface area contributed by atoms with Crippen LogP contribution in [0.2, 0.25) is 0 Å². The number of piperidine rings is 1. The van der Waals surface area contributed by atoms with Crippen molar-refractivity contribution in [3.05, 3.63) is 23.3 Å². The Bertz CT molecular complexity index is 697. The molecule has 3 heterocycles. The van der Waals surface area contributed by atoms with Crippen LogP contribution in [0.1, 0.15) is 44.4 Å². The van der Waals surface area contributed by atoms with Gasteiger partial charge in [0.2, 0.25) is 0 Å². The molecule has 6 heteroatoms. The van der Waals surface area contributed by atoms with Crippen molar-refractivity contribution in [3.63, 3.8) is 0 Å². The van der Waals surface area contributed by atoms with E-state index < -0.39 is 6.10 Å². The zero-order valence-corrected chi connectivity index (χ0v) is 17.4. The zero-order chi connectivity index (χ0) is 19.9. The molecule has 4 rings (SSSR count). The Morgan fingerprint density at radius 1 is 1.21 bits per heavy atom. The highest BCUT2D eigenvalue weighted by atomic mass is 16.5. The van der Waals surface area contributed by atoms with Gasteiger partial charge in [-0.05, 0) is 56.9 Å². The van der Waals surface area contributed by atoms with Gasteiger partial charge in [0, 0.05) is 25.0 Å². The van der Waals surface area contributed by atoms with Crippen LogP contribution in [0.3, 0.4) is 0 Å². The summed E-state index contributed by atoms with van der Waals surface area (Å²) in [6.45, 7) is 10.1. The fraction of sp³-hybridized carbons (Fsp3) is 0.727. The first-order valence-electron chi connectivity index (χ1n) is 10.4. The lowest BCUT2D eigenvalue weighted by Crippen LogP contribution is -2.53. The van der Waals surface area contributed by atoms with E-state index in [2.05, 4.69) is 17.0 Å².